The highest BCUT2D eigenvalue weighted by atomic mass is 15.1. The third-order valence-corrected chi connectivity index (χ3v) is 6.46. The van der Waals surface area contributed by atoms with E-state index in [-0.39, 0.29) is 0 Å². The molecule has 6 aromatic heterocycles. The summed E-state index contributed by atoms with van der Waals surface area (Å²) in [5, 5.41) is 0. The minimum Gasteiger partial charge on any atom is -0.300 e. The van der Waals surface area contributed by atoms with Gasteiger partial charge in [0.15, 0.2) is 0 Å². The van der Waals surface area contributed by atoms with Crippen molar-refractivity contribution in [2.75, 3.05) is 0 Å². The van der Waals surface area contributed by atoms with E-state index in [2.05, 4.69) is 61.8 Å². The molecule has 186 valence electrons. The zero-order valence-electron chi connectivity index (χ0n) is 20.6. The molecule has 0 aliphatic heterocycles. The number of aromatic nitrogens is 9. The number of rotatable bonds is 6. The maximum absolute atomic E-state index is 4.66. The van der Waals surface area contributed by atoms with E-state index >= 15 is 0 Å². The van der Waals surface area contributed by atoms with Gasteiger partial charge < -0.3 is 0 Å². The van der Waals surface area contributed by atoms with Crippen LogP contribution in [-0.4, -0.2) is 43.6 Å². The van der Waals surface area contributed by atoms with E-state index in [9.17, 15) is 0 Å². The number of pyridine rings is 3. The van der Waals surface area contributed by atoms with Crippen LogP contribution in [0.4, 0.5) is 0 Å². The van der Waals surface area contributed by atoms with Gasteiger partial charge in [-0.05, 0) is 54.6 Å². The number of hydrogen-bond acceptors (Lipinski definition) is 6. The summed E-state index contributed by atoms with van der Waals surface area (Å²) in [6.07, 6.45) is 22.0. The number of benzene rings is 1. The van der Waals surface area contributed by atoms with Gasteiger partial charge in [0.25, 0.3) is 0 Å². The fourth-order valence-electron chi connectivity index (χ4n) is 4.68. The molecule has 0 radical (unpaired) electrons. The van der Waals surface area contributed by atoms with Gasteiger partial charge in [-0.15, -0.1) is 0 Å². The molecule has 7 aromatic rings. The van der Waals surface area contributed by atoms with Crippen molar-refractivity contribution in [3.05, 3.63) is 129 Å². The Morgan fingerprint density at radius 2 is 0.641 bits per heavy atom. The van der Waals surface area contributed by atoms with Crippen LogP contribution < -0.4 is 0 Å². The van der Waals surface area contributed by atoms with Crippen molar-refractivity contribution in [2.45, 2.75) is 0 Å². The van der Waals surface area contributed by atoms with Crippen molar-refractivity contribution in [1.29, 1.82) is 0 Å². The Morgan fingerprint density at radius 3 is 0.923 bits per heavy atom. The van der Waals surface area contributed by atoms with E-state index in [1.807, 2.05) is 55.0 Å². The molecule has 9 heteroatoms. The van der Waals surface area contributed by atoms with Crippen LogP contribution >= 0.6 is 0 Å². The molecule has 39 heavy (non-hydrogen) atoms. The molecule has 0 atom stereocenters. The first-order valence-electron chi connectivity index (χ1n) is 12.3. The first-order chi connectivity index (χ1) is 19.3. The van der Waals surface area contributed by atoms with E-state index in [4.69, 9.17) is 0 Å². The Balaban J connectivity index is 1.44. The Hall–Kier alpha value is -5.70. The number of nitrogens with zero attached hydrogens (tertiary/aromatic N) is 9. The smallest absolute Gasteiger partial charge is 0.144 e. The van der Waals surface area contributed by atoms with Crippen LogP contribution in [0, 0.1) is 0 Å². The normalized spacial score (nSPS) is 11.1. The van der Waals surface area contributed by atoms with Gasteiger partial charge in [0, 0.05) is 91.1 Å². The predicted octanol–water partition coefficient (Wildman–Crippen LogP) is 5.43. The topological polar surface area (TPSA) is 92.1 Å². The lowest BCUT2D eigenvalue weighted by molar-refractivity contribution is 1.00. The van der Waals surface area contributed by atoms with Crippen LogP contribution in [-0.2, 0) is 0 Å². The van der Waals surface area contributed by atoms with E-state index in [0.29, 0.717) is 0 Å². The molecule has 0 unspecified atom stereocenters. The molecule has 0 aliphatic rings. The van der Waals surface area contributed by atoms with E-state index < -0.39 is 0 Å². The molecule has 1 aromatic carbocycles. The average Bonchev–Trinajstić information content (AvgIpc) is 3.79. The van der Waals surface area contributed by atoms with Gasteiger partial charge in [-0.3, -0.25) is 28.7 Å². The van der Waals surface area contributed by atoms with E-state index in [1.54, 1.807) is 55.8 Å². The van der Waals surface area contributed by atoms with Crippen LogP contribution in [0.2, 0.25) is 0 Å². The second-order valence-corrected chi connectivity index (χ2v) is 8.78. The molecule has 0 aliphatic carbocycles. The molecule has 0 amide bonds. The van der Waals surface area contributed by atoms with Crippen molar-refractivity contribution < 1.29 is 0 Å². The van der Waals surface area contributed by atoms with Gasteiger partial charge in [-0.25, -0.2) is 15.0 Å². The zero-order valence-corrected chi connectivity index (χ0v) is 20.6. The summed E-state index contributed by atoms with van der Waals surface area (Å²) in [5.41, 5.74) is 5.74. The van der Waals surface area contributed by atoms with Crippen molar-refractivity contribution in [3.63, 3.8) is 0 Å². The molecule has 0 saturated heterocycles. The maximum atomic E-state index is 4.66. The summed E-state index contributed by atoms with van der Waals surface area (Å²) in [4.78, 5) is 26.5. The quantitative estimate of drug-likeness (QED) is 0.298. The van der Waals surface area contributed by atoms with Crippen LogP contribution in [0.25, 0.3) is 51.2 Å². The molecule has 0 saturated carbocycles. The average molecular weight is 508 g/mol. The second kappa shape index (κ2) is 9.64. The van der Waals surface area contributed by atoms with Gasteiger partial charge >= 0.3 is 0 Å². The maximum Gasteiger partial charge on any atom is 0.144 e. The summed E-state index contributed by atoms with van der Waals surface area (Å²) < 4.78 is 6.23. The molecule has 0 bridgehead atoms. The first kappa shape index (κ1) is 22.5. The standard InChI is InChI=1S/C30H21N9/c1-7-31-8-2-22(1)28-34-13-16-37(28)25-19-26(38-17-14-35-29(38)23-3-9-32-10-4-23)21-27(20-25)39-18-15-36-30(39)24-5-11-33-12-6-24/h1-21H. The SMILES string of the molecule is c1cc(-c2nccn2-c2cc(-n3ccnc3-c3ccncc3)cc(-n3ccnc3-c3ccncc3)c2)ccn1. The van der Waals surface area contributed by atoms with Gasteiger partial charge in [0.05, 0.1) is 17.1 Å². The molecule has 0 spiro atoms. The van der Waals surface area contributed by atoms with Gasteiger partial charge in [-0.1, -0.05) is 0 Å². The fraction of sp³-hybridized carbons (Fsp3) is 0. The molecule has 0 N–H and O–H groups in total. The third-order valence-electron chi connectivity index (χ3n) is 6.46. The summed E-state index contributed by atoms with van der Waals surface area (Å²) in [6.45, 7) is 0. The van der Waals surface area contributed by atoms with Crippen molar-refractivity contribution in [1.82, 2.24) is 43.6 Å². The molecule has 0 fully saturated rings. The molecular weight excluding hydrogens is 486 g/mol. The number of hydrogen-bond donors (Lipinski definition) is 0. The molecular formula is C30H21N9. The van der Waals surface area contributed by atoms with Crippen LogP contribution in [0.5, 0.6) is 0 Å². The number of imidazole rings is 3. The van der Waals surface area contributed by atoms with Crippen LogP contribution in [0.3, 0.4) is 0 Å². The third kappa shape index (κ3) is 4.17. The fourth-order valence-corrected chi connectivity index (χ4v) is 4.68. The lowest BCUT2D eigenvalue weighted by Crippen LogP contribution is -2.05. The highest BCUT2D eigenvalue weighted by Gasteiger charge is 2.16. The Morgan fingerprint density at radius 1 is 0.359 bits per heavy atom. The van der Waals surface area contributed by atoms with Gasteiger partial charge in [0.2, 0.25) is 0 Å². The summed E-state index contributed by atoms with van der Waals surface area (Å²) in [7, 11) is 0. The van der Waals surface area contributed by atoms with Crippen LogP contribution in [0.15, 0.2) is 129 Å². The monoisotopic (exact) mass is 507 g/mol. The lowest BCUT2D eigenvalue weighted by Gasteiger charge is -2.16. The molecule has 6 heterocycles. The molecule has 7 rings (SSSR count). The van der Waals surface area contributed by atoms with Gasteiger partial charge in [0.1, 0.15) is 17.5 Å². The largest absolute Gasteiger partial charge is 0.300 e. The van der Waals surface area contributed by atoms with Crippen molar-refractivity contribution >= 4 is 0 Å². The minimum absolute atomic E-state index is 0.820. The van der Waals surface area contributed by atoms with Crippen LogP contribution in [0.1, 0.15) is 0 Å². The second-order valence-electron chi connectivity index (χ2n) is 8.78. The highest BCUT2D eigenvalue weighted by Crippen LogP contribution is 2.30. The van der Waals surface area contributed by atoms with Crippen molar-refractivity contribution in [3.8, 4) is 51.2 Å². The summed E-state index contributed by atoms with van der Waals surface area (Å²) in [6, 6.07) is 18.1. The Bertz CT molecular complexity index is 1620. The lowest BCUT2D eigenvalue weighted by atomic mass is 10.2. The molecule has 9 nitrogen and oxygen atoms in total. The zero-order chi connectivity index (χ0) is 26.0. The van der Waals surface area contributed by atoms with Gasteiger partial charge in [-0.2, -0.15) is 0 Å². The highest BCUT2D eigenvalue weighted by molar-refractivity contribution is 5.66. The van der Waals surface area contributed by atoms with E-state index in [0.717, 1.165) is 51.2 Å². The summed E-state index contributed by atoms with van der Waals surface area (Å²) >= 11 is 0. The first-order valence-corrected chi connectivity index (χ1v) is 12.3. The van der Waals surface area contributed by atoms with E-state index in [1.165, 1.54) is 0 Å². The summed E-state index contributed by atoms with van der Waals surface area (Å²) in [5.74, 6) is 2.46. The van der Waals surface area contributed by atoms with Crippen molar-refractivity contribution in [2.24, 2.45) is 0 Å². The predicted molar refractivity (Wildman–Crippen MR) is 148 cm³/mol. The minimum atomic E-state index is 0.820. The Kier molecular flexibility index (Phi) is 5.56. The Labute approximate surface area is 223 Å².